The highest BCUT2D eigenvalue weighted by atomic mass is 35.5. The Labute approximate surface area is 118 Å². The van der Waals surface area contributed by atoms with E-state index < -0.39 is 10.0 Å². The minimum Gasteiger partial charge on any atom is -0.348 e. The average molecular weight is 305 g/mol. The van der Waals surface area contributed by atoms with Crippen LogP contribution in [-0.2, 0) is 14.8 Å². The van der Waals surface area contributed by atoms with Crippen molar-refractivity contribution in [2.75, 3.05) is 19.8 Å². The molecular weight excluding hydrogens is 288 g/mol. The van der Waals surface area contributed by atoms with E-state index >= 15 is 0 Å². The summed E-state index contributed by atoms with van der Waals surface area (Å²) in [7, 11) is -1.99. The number of carbonyl (C=O) groups is 1. The van der Waals surface area contributed by atoms with E-state index in [4.69, 9.17) is 11.6 Å². The van der Waals surface area contributed by atoms with Crippen molar-refractivity contribution in [2.45, 2.75) is 13.0 Å². The lowest BCUT2D eigenvalue weighted by molar-refractivity contribution is -0.121. The van der Waals surface area contributed by atoms with Crippen LogP contribution in [0.3, 0.4) is 0 Å². The molecule has 0 aliphatic carbocycles. The minimum absolute atomic E-state index is 0.198. The van der Waals surface area contributed by atoms with Crippen molar-refractivity contribution < 1.29 is 13.2 Å². The molecule has 19 heavy (non-hydrogen) atoms. The number of halogens is 1. The number of rotatable bonds is 5. The van der Waals surface area contributed by atoms with E-state index in [2.05, 4.69) is 5.32 Å². The number of amides is 1. The third kappa shape index (κ3) is 5.18. The summed E-state index contributed by atoms with van der Waals surface area (Å²) in [4.78, 5) is 11.7. The van der Waals surface area contributed by atoms with Crippen molar-refractivity contribution in [1.82, 2.24) is 9.62 Å². The van der Waals surface area contributed by atoms with Crippen molar-refractivity contribution in [3.05, 3.63) is 34.9 Å². The number of hydrogen-bond acceptors (Lipinski definition) is 3. The summed E-state index contributed by atoms with van der Waals surface area (Å²) in [6.45, 7) is 1.62. The fourth-order valence-corrected chi connectivity index (χ4v) is 1.92. The minimum atomic E-state index is -3.35. The molecule has 1 rings (SSSR count). The Morgan fingerprint density at radius 1 is 1.37 bits per heavy atom. The lowest BCUT2D eigenvalue weighted by atomic mass is 10.1. The van der Waals surface area contributed by atoms with E-state index in [-0.39, 0.29) is 18.5 Å². The van der Waals surface area contributed by atoms with Gasteiger partial charge < -0.3 is 5.32 Å². The van der Waals surface area contributed by atoms with Crippen LogP contribution in [0.2, 0.25) is 5.02 Å². The van der Waals surface area contributed by atoms with Gasteiger partial charge in [-0.2, -0.15) is 4.31 Å². The standard InChI is InChI=1S/C12H17ClN2O3S/c1-9(10-4-6-11(13)7-5-10)14-12(16)8-15(2)19(3,17)18/h4-7,9H,8H2,1-3H3,(H,14,16)/t9-/m0/s1. The third-order valence-electron chi connectivity index (χ3n) is 2.68. The molecule has 0 heterocycles. The molecule has 1 atom stereocenters. The molecule has 1 N–H and O–H groups in total. The van der Waals surface area contributed by atoms with Crippen LogP contribution < -0.4 is 5.32 Å². The fraction of sp³-hybridized carbons (Fsp3) is 0.417. The van der Waals surface area contributed by atoms with Gasteiger partial charge in [0.15, 0.2) is 0 Å². The van der Waals surface area contributed by atoms with Gasteiger partial charge in [-0.1, -0.05) is 23.7 Å². The first kappa shape index (κ1) is 15.9. The number of likely N-dealkylation sites (N-methyl/N-ethyl adjacent to an activating group) is 1. The van der Waals surface area contributed by atoms with Crippen molar-refractivity contribution in [1.29, 1.82) is 0 Å². The zero-order chi connectivity index (χ0) is 14.6. The number of nitrogens with zero attached hydrogens (tertiary/aromatic N) is 1. The van der Waals surface area contributed by atoms with Crippen LogP contribution in [0.4, 0.5) is 0 Å². The largest absolute Gasteiger partial charge is 0.348 e. The number of carbonyl (C=O) groups excluding carboxylic acids is 1. The van der Waals surface area contributed by atoms with Gasteiger partial charge in [0, 0.05) is 12.1 Å². The summed E-state index contributed by atoms with van der Waals surface area (Å²) in [6.07, 6.45) is 1.06. The van der Waals surface area contributed by atoms with Crippen molar-refractivity contribution in [3.8, 4) is 0 Å². The lowest BCUT2D eigenvalue weighted by Crippen LogP contribution is -2.38. The topological polar surface area (TPSA) is 66.5 Å². The predicted molar refractivity (Wildman–Crippen MR) is 75.5 cm³/mol. The van der Waals surface area contributed by atoms with Crippen LogP contribution in [0.5, 0.6) is 0 Å². The highest BCUT2D eigenvalue weighted by Gasteiger charge is 2.16. The molecule has 0 aromatic heterocycles. The van der Waals surface area contributed by atoms with Gasteiger partial charge in [0.2, 0.25) is 15.9 Å². The zero-order valence-corrected chi connectivity index (χ0v) is 12.6. The monoisotopic (exact) mass is 304 g/mol. The van der Waals surface area contributed by atoms with Gasteiger partial charge in [-0.05, 0) is 24.6 Å². The smallest absolute Gasteiger partial charge is 0.235 e. The zero-order valence-electron chi connectivity index (χ0n) is 11.1. The van der Waals surface area contributed by atoms with Gasteiger partial charge in [0.05, 0.1) is 18.8 Å². The molecule has 0 bridgehead atoms. The van der Waals surface area contributed by atoms with E-state index in [1.165, 1.54) is 7.05 Å². The maximum Gasteiger partial charge on any atom is 0.235 e. The molecular formula is C12H17ClN2O3S. The highest BCUT2D eigenvalue weighted by molar-refractivity contribution is 7.88. The molecule has 1 amide bonds. The maximum atomic E-state index is 11.7. The Hall–Kier alpha value is -1.11. The molecule has 0 fully saturated rings. The number of benzene rings is 1. The summed E-state index contributed by atoms with van der Waals surface area (Å²) >= 11 is 5.78. The summed E-state index contributed by atoms with van der Waals surface area (Å²) < 4.78 is 23.4. The van der Waals surface area contributed by atoms with Crippen LogP contribution in [-0.4, -0.2) is 38.5 Å². The second kappa shape index (κ2) is 6.36. The van der Waals surface area contributed by atoms with E-state index in [9.17, 15) is 13.2 Å². The molecule has 1 aromatic rings. The first-order chi connectivity index (χ1) is 8.70. The van der Waals surface area contributed by atoms with Crippen molar-refractivity contribution in [2.24, 2.45) is 0 Å². The highest BCUT2D eigenvalue weighted by Crippen LogP contribution is 2.15. The average Bonchev–Trinajstić information content (AvgIpc) is 2.28. The lowest BCUT2D eigenvalue weighted by Gasteiger charge is -2.17. The summed E-state index contributed by atoms with van der Waals surface area (Å²) in [5, 5.41) is 3.35. The number of hydrogen-bond donors (Lipinski definition) is 1. The van der Waals surface area contributed by atoms with E-state index in [1.807, 2.05) is 19.1 Å². The van der Waals surface area contributed by atoms with Crippen LogP contribution >= 0.6 is 11.6 Å². The van der Waals surface area contributed by atoms with Gasteiger partial charge >= 0.3 is 0 Å². The van der Waals surface area contributed by atoms with E-state index in [0.717, 1.165) is 16.1 Å². The molecule has 0 aliphatic rings. The first-order valence-electron chi connectivity index (χ1n) is 5.66. The molecule has 5 nitrogen and oxygen atoms in total. The van der Waals surface area contributed by atoms with Crippen molar-refractivity contribution >= 4 is 27.5 Å². The molecule has 0 saturated carbocycles. The van der Waals surface area contributed by atoms with Gasteiger partial charge in [-0.15, -0.1) is 0 Å². The van der Waals surface area contributed by atoms with Gasteiger partial charge in [-0.25, -0.2) is 8.42 Å². The number of sulfonamides is 1. The molecule has 0 aliphatic heterocycles. The Kier molecular flexibility index (Phi) is 5.34. The molecule has 106 valence electrons. The van der Waals surface area contributed by atoms with Gasteiger partial charge in [0.25, 0.3) is 0 Å². The molecule has 1 aromatic carbocycles. The van der Waals surface area contributed by atoms with Crippen molar-refractivity contribution in [3.63, 3.8) is 0 Å². The Balaban J connectivity index is 2.60. The van der Waals surface area contributed by atoms with Crippen LogP contribution in [0.1, 0.15) is 18.5 Å². The molecule has 0 spiro atoms. The quantitative estimate of drug-likeness (QED) is 0.894. The van der Waals surface area contributed by atoms with E-state index in [1.54, 1.807) is 12.1 Å². The Morgan fingerprint density at radius 3 is 2.37 bits per heavy atom. The molecule has 0 unspecified atom stereocenters. The second-order valence-corrected chi connectivity index (χ2v) is 6.89. The van der Waals surface area contributed by atoms with E-state index in [0.29, 0.717) is 5.02 Å². The normalized spacial score (nSPS) is 13.3. The van der Waals surface area contributed by atoms with Gasteiger partial charge in [0.1, 0.15) is 0 Å². The first-order valence-corrected chi connectivity index (χ1v) is 7.89. The number of nitrogens with one attached hydrogen (secondary N) is 1. The Bertz CT molecular complexity index is 543. The van der Waals surface area contributed by atoms with Gasteiger partial charge in [-0.3, -0.25) is 4.79 Å². The van der Waals surface area contributed by atoms with Crippen LogP contribution in [0, 0.1) is 0 Å². The SMILES string of the molecule is C[C@H](NC(=O)CN(C)S(C)(=O)=O)c1ccc(Cl)cc1. The second-order valence-electron chi connectivity index (χ2n) is 4.36. The molecule has 7 heteroatoms. The van der Waals surface area contributed by atoms with Crippen LogP contribution in [0.15, 0.2) is 24.3 Å². The third-order valence-corrected chi connectivity index (χ3v) is 4.19. The fourth-order valence-electron chi connectivity index (χ4n) is 1.44. The summed E-state index contributed by atoms with van der Waals surface area (Å²) in [6, 6.07) is 6.89. The Morgan fingerprint density at radius 2 is 1.89 bits per heavy atom. The molecule has 0 saturated heterocycles. The molecule has 0 radical (unpaired) electrons. The van der Waals surface area contributed by atoms with Crippen LogP contribution in [0.25, 0.3) is 0 Å². The summed E-state index contributed by atoms with van der Waals surface area (Å²) in [5.41, 5.74) is 0.903. The summed E-state index contributed by atoms with van der Waals surface area (Å²) in [5.74, 6) is -0.352. The predicted octanol–water partition coefficient (Wildman–Crippen LogP) is 1.41. The maximum absolute atomic E-state index is 11.7.